The van der Waals surface area contributed by atoms with Crippen molar-refractivity contribution in [3.63, 3.8) is 0 Å². The molecule has 2 rings (SSSR count). The molecular weight excluding hydrogens is 311 g/mol. The summed E-state index contributed by atoms with van der Waals surface area (Å²) in [6.45, 7) is 2.05. The second kappa shape index (κ2) is 5.96. The number of hydrogen-bond acceptors (Lipinski definition) is 3. The topological polar surface area (TPSA) is 88.5 Å². The minimum absolute atomic E-state index is 0.108. The third-order valence-corrected chi connectivity index (χ3v) is 3.23. The fourth-order valence-electron chi connectivity index (χ4n) is 2.04. The molecule has 2 aliphatic rings. The summed E-state index contributed by atoms with van der Waals surface area (Å²) in [6, 6.07) is 0. The molecule has 0 aromatic rings. The molecule has 0 heterocycles. The Balaban J connectivity index is 2.04. The van der Waals surface area contributed by atoms with Crippen LogP contribution in [-0.2, 0) is 9.53 Å². The quantitative estimate of drug-likeness (QED) is 0.446. The first-order chi connectivity index (χ1) is 10.7. The van der Waals surface area contributed by atoms with Gasteiger partial charge in [0.2, 0.25) is 0 Å². The molecule has 1 saturated carbocycles. The Bertz CT molecular complexity index is 687. The lowest BCUT2D eigenvalue weighted by Gasteiger charge is -2.12. The van der Waals surface area contributed by atoms with E-state index >= 15 is 0 Å². The number of alkyl halides is 3. The number of aliphatic imine (C=N–C) groups is 1. The van der Waals surface area contributed by atoms with E-state index in [1.807, 2.05) is 0 Å². The molecule has 0 aliphatic heterocycles. The van der Waals surface area contributed by atoms with E-state index in [1.54, 1.807) is 0 Å². The van der Waals surface area contributed by atoms with Crippen LogP contribution in [0.1, 0.15) is 6.42 Å². The number of amides is 1. The third kappa shape index (κ3) is 4.04. The van der Waals surface area contributed by atoms with Crippen molar-refractivity contribution >= 4 is 17.5 Å². The zero-order valence-corrected chi connectivity index (χ0v) is 12.0. The lowest BCUT2D eigenvalue weighted by Crippen LogP contribution is -2.24. The zero-order chi connectivity index (χ0) is 17.3. The molecule has 1 unspecified atom stereocenters. The van der Waals surface area contributed by atoms with Gasteiger partial charge in [-0.1, -0.05) is 18.7 Å². The molecule has 23 heavy (non-hydrogen) atoms. The SMILES string of the molecule is C=C/C=C\C(=N)C(N)=NC(=O)C1=CC2(OCC(F)(F)F)CC2=C1. The summed E-state index contributed by atoms with van der Waals surface area (Å²) in [7, 11) is 0. The largest absolute Gasteiger partial charge is 0.411 e. The lowest BCUT2D eigenvalue weighted by molar-refractivity contribution is -0.182. The minimum Gasteiger partial charge on any atom is -0.382 e. The zero-order valence-electron chi connectivity index (χ0n) is 12.0. The number of hydrogen-bond donors (Lipinski definition) is 2. The van der Waals surface area contributed by atoms with Crippen molar-refractivity contribution in [2.24, 2.45) is 10.7 Å². The van der Waals surface area contributed by atoms with Crippen LogP contribution < -0.4 is 5.73 Å². The fourth-order valence-corrected chi connectivity index (χ4v) is 2.04. The smallest absolute Gasteiger partial charge is 0.382 e. The van der Waals surface area contributed by atoms with Crippen molar-refractivity contribution in [2.75, 3.05) is 6.61 Å². The number of ether oxygens (including phenoxy) is 1. The van der Waals surface area contributed by atoms with Crippen molar-refractivity contribution in [2.45, 2.75) is 18.2 Å². The van der Waals surface area contributed by atoms with Crippen LogP contribution in [0.3, 0.4) is 0 Å². The maximum atomic E-state index is 12.2. The van der Waals surface area contributed by atoms with Crippen molar-refractivity contribution in [3.05, 3.63) is 48.1 Å². The average Bonchev–Trinajstić information content (AvgIpc) is 3.03. The number of allylic oxidation sites excluding steroid dienone is 2. The Labute approximate surface area is 130 Å². The first-order valence-corrected chi connectivity index (χ1v) is 6.58. The number of fused-ring (bicyclic) bond motifs is 1. The maximum absolute atomic E-state index is 12.2. The van der Waals surface area contributed by atoms with E-state index in [2.05, 4.69) is 11.6 Å². The molecule has 3 N–H and O–H groups in total. The van der Waals surface area contributed by atoms with Crippen molar-refractivity contribution in [1.82, 2.24) is 0 Å². The third-order valence-electron chi connectivity index (χ3n) is 3.23. The van der Waals surface area contributed by atoms with Gasteiger partial charge in [0.05, 0.1) is 5.71 Å². The van der Waals surface area contributed by atoms with Gasteiger partial charge in [-0.05, 0) is 23.8 Å². The van der Waals surface area contributed by atoms with E-state index in [-0.39, 0.29) is 17.1 Å². The highest BCUT2D eigenvalue weighted by molar-refractivity contribution is 6.45. The van der Waals surface area contributed by atoms with Gasteiger partial charge in [-0.2, -0.15) is 18.2 Å². The predicted octanol–water partition coefficient (Wildman–Crippen LogP) is 2.22. The van der Waals surface area contributed by atoms with E-state index in [4.69, 9.17) is 15.9 Å². The summed E-state index contributed by atoms with van der Waals surface area (Å²) in [4.78, 5) is 15.5. The Morgan fingerprint density at radius 2 is 2.26 bits per heavy atom. The molecule has 0 saturated heterocycles. The Hall–Kier alpha value is -2.48. The molecule has 0 spiro atoms. The highest BCUT2D eigenvalue weighted by Crippen LogP contribution is 2.53. The predicted molar refractivity (Wildman–Crippen MR) is 79.2 cm³/mol. The number of carbonyl (C=O) groups excluding carboxylic acids is 1. The van der Waals surface area contributed by atoms with E-state index in [0.717, 1.165) is 0 Å². The summed E-state index contributed by atoms with van der Waals surface area (Å²) in [5.74, 6) is -1.02. The summed E-state index contributed by atoms with van der Waals surface area (Å²) >= 11 is 0. The number of halogens is 3. The molecule has 8 heteroatoms. The van der Waals surface area contributed by atoms with Gasteiger partial charge >= 0.3 is 6.18 Å². The van der Waals surface area contributed by atoms with E-state index in [9.17, 15) is 18.0 Å². The molecule has 122 valence electrons. The van der Waals surface area contributed by atoms with Crippen LogP contribution >= 0.6 is 0 Å². The lowest BCUT2D eigenvalue weighted by atomic mass is 10.2. The van der Waals surface area contributed by atoms with Crippen molar-refractivity contribution < 1.29 is 22.7 Å². The molecule has 0 aromatic heterocycles. The van der Waals surface area contributed by atoms with Gasteiger partial charge in [-0.25, -0.2) is 0 Å². The normalized spacial score (nSPS) is 23.3. The van der Waals surface area contributed by atoms with E-state index < -0.39 is 24.3 Å². The van der Waals surface area contributed by atoms with E-state index in [0.29, 0.717) is 12.0 Å². The summed E-state index contributed by atoms with van der Waals surface area (Å²) in [5, 5.41) is 7.56. The van der Waals surface area contributed by atoms with Crippen molar-refractivity contribution in [3.8, 4) is 0 Å². The minimum atomic E-state index is -4.43. The van der Waals surface area contributed by atoms with Crippen LogP contribution in [0, 0.1) is 5.41 Å². The number of nitrogens with one attached hydrogen (secondary N) is 1. The summed E-state index contributed by atoms with van der Waals surface area (Å²) in [6.07, 6.45) is 2.86. The second-order valence-electron chi connectivity index (χ2n) is 5.05. The van der Waals surface area contributed by atoms with Crippen LogP contribution in [0.2, 0.25) is 0 Å². The molecule has 0 radical (unpaired) electrons. The summed E-state index contributed by atoms with van der Waals surface area (Å²) < 4.78 is 41.5. The van der Waals surface area contributed by atoms with Crippen LogP contribution in [0.5, 0.6) is 0 Å². The van der Waals surface area contributed by atoms with Crippen LogP contribution in [0.4, 0.5) is 13.2 Å². The first-order valence-electron chi connectivity index (χ1n) is 6.58. The molecular formula is C15H14F3N3O2. The van der Waals surface area contributed by atoms with Gasteiger partial charge in [-0.15, -0.1) is 0 Å². The van der Waals surface area contributed by atoms with Gasteiger partial charge in [0.25, 0.3) is 5.91 Å². The number of nitrogens with two attached hydrogens (primary N) is 1. The van der Waals surface area contributed by atoms with Crippen LogP contribution in [-0.4, -0.2) is 35.8 Å². The molecule has 2 aliphatic carbocycles. The number of nitrogens with zero attached hydrogens (tertiary/aromatic N) is 1. The van der Waals surface area contributed by atoms with Gasteiger partial charge in [0.15, 0.2) is 5.84 Å². The number of rotatable bonds is 6. The molecule has 0 bridgehead atoms. The van der Waals surface area contributed by atoms with Gasteiger partial charge in [0, 0.05) is 12.0 Å². The Morgan fingerprint density at radius 3 is 2.87 bits per heavy atom. The van der Waals surface area contributed by atoms with Gasteiger partial charge < -0.3 is 10.5 Å². The standard InChI is InChI=1S/C15H14F3N3O2/c1-2-3-4-11(19)12(20)21-13(22)9-5-10-7-14(10,6-9)23-8-15(16,17)18/h2-6,19H,1,7-8H2,(H2,20,21,22)/b4-3-,19-11?. The molecule has 0 aromatic carbocycles. The monoisotopic (exact) mass is 325 g/mol. The Kier molecular flexibility index (Phi) is 4.37. The van der Waals surface area contributed by atoms with E-state index in [1.165, 1.54) is 30.4 Å². The first kappa shape index (κ1) is 16.9. The molecule has 1 atom stereocenters. The van der Waals surface area contributed by atoms with Gasteiger partial charge in [-0.3, -0.25) is 10.2 Å². The molecule has 1 amide bonds. The van der Waals surface area contributed by atoms with Gasteiger partial charge in [0.1, 0.15) is 12.2 Å². The van der Waals surface area contributed by atoms with Crippen LogP contribution in [0.25, 0.3) is 0 Å². The molecule has 5 nitrogen and oxygen atoms in total. The fraction of sp³-hybridized carbons (Fsp3) is 0.267. The number of amidine groups is 1. The average molecular weight is 325 g/mol. The maximum Gasteiger partial charge on any atom is 0.411 e. The Morgan fingerprint density at radius 1 is 1.57 bits per heavy atom. The number of carbonyl (C=O) groups is 1. The molecule has 1 fully saturated rings. The highest BCUT2D eigenvalue weighted by Gasteiger charge is 2.54. The second-order valence-corrected chi connectivity index (χ2v) is 5.05. The highest BCUT2D eigenvalue weighted by atomic mass is 19.4. The summed E-state index contributed by atoms with van der Waals surface area (Å²) in [5.41, 5.74) is 4.91. The van der Waals surface area contributed by atoms with Crippen molar-refractivity contribution in [1.29, 1.82) is 5.41 Å². The van der Waals surface area contributed by atoms with Crippen LogP contribution in [0.15, 0.2) is 53.1 Å².